The van der Waals surface area contributed by atoms with E-state index in [1.165, 1.54) is 0 Å². The molecule has 13 heavy (non-hydrogen) atoms. The molecule has 5 heteroatoms. The van der Waals surface area contributed by atoms with Gasteiger partial charge in [-0.25, -0.2) is 0 Å². The van der Waals surface area contributed by atoms with Crippen LogP contribution in [0.1, 0.15) is 0 Å². The van der Waals surface area contributed by atoms with Crippen LogP contribution in [-0.2, 0) is 0 Å². The molecule has 1 fully saturated rings. The Hall–Kier alpha value is -0.200. The van der Waals surface area contributed by atoms with Crippen molar-refractivity contribution in [1.82, 2.24) is 5.32 Å². The molecule has 1 saturated heterocycles. The van der Waals surface area contributed by atoms with E-state index < -0.39 is 0 Å². The standard InChI is InChI=1S/C8H17NO4/c10-1-5-6(2-11)8(4-13)9-7(5)3-12/h5-13H,1-4H2/t5-,6-,7+,8+/m1/s1. The molecule has 0 aromatic heterocycles. The molecule has 0 unspecified atom stereocenters. The lowest BCUT2D eigenvalue weighted by Crippen LogP contribution is -2.37. The van der Waals surface area contributed by atoms with Crippen molar-refractivity contribution in [3.63, 3.8) is 0 Å². The van der Waals surface area contributed by atoms with Crippen molar-refractivity contribution in [2.24, 2.45) is 11.8 Å². The van der Waals surface area contributed by atoms with Crippen LogP contribution in [0.15, 0.2) is 0 Å². The molecule has 0 bridgehead atoms. The summed E-state index contributed by atoms with van der Waals surface area (Å²) in [7, 11) is 0. The molecule has 1 heterocycles. The quantitative estimate of drug-likeness (QED) is 0.339. The molecule has 0 aliphatic carbocycles. The maximum Gasteiger partial charge on any atom is 0.0588 e. The van der Waals surface area contributed by atoms with Gasteiger partial charge in [0.15, 0.2) is 0 Å². The van der Waals surface area contributed by atoms with Crippen molar-refractivity contribution in [1.29, 1.82) is 0 Å². The first-order valence-electron chi connectivity index (χ1n) is 4.48. The predicted molar refractivity (Wildman–Crippen MR) is 46.0 cm³/mol. The SMILES string of the molecule is OC[C@@H]1[C@@H](CO)[C@H](CO)N[C@H]1CO. The van der Waals surface area contributed by atoms with Crippen molar-refractivity contribution >= 4 is 0 Å². The largest absolute Gasteiger partial charge is 0.396 e. The van der Waals surface area contributed by atoms with Crippen LogP contribution in [0.5, 0.6) is 0 Å². The molecule has 1 rings (SSSR count). The summed E-state index contributed by atoms with van der Waals surface area (Å²) in [5, 5.41) is 39.0. The van der Waals surface area contributed by atoms with E-state index in [9.17, 15) is 0 Å². The predicted octanol–water partition coefficient (Wildman–Crippen LogP) is -2.47. The van der Waals surface area contributed by atoms with Crippen molar-refractivity contribution in [3.8, 4) is 0 Å². The molecule has 0 amide bonds. The van der Waals surface area contributed by atoms with E-state index in [4.69, 9.17) is 20.4 Å². The topological polar surface area (TPSA) is 93.0 Å². The Morgan fingerprint density at radius 1 is 0.692 bits per heavy atom. The number of hydrogen-bond donors (Lipinski definition) is 5. The number of aliphatic hydroxyl groups is 4. The molecule has 5 nitrogen and oxygen atoms in total. The number of aliphatic hydroxyl groups excluding tert-OH is 4. The first kappa shape index (κ1) is 10.9. The van der Waals surface area contributed by atoms with Crippen LogP contribution in [0.25, 0.3) is 0 Å². The highest BCUT2D eigenvalue weighted by atomic mass is 16.3. The summed E-state index contributed by atoms with van der Waals surface area (Å²) < 4.78 is 0. The van der Waals surface area contributed by atoms with Gasteiger partial charge >= 0.3 is 0 Å². The summed E-state index contributed by atoms with van der Waals surface area (Å²) in [6.45, 7) is -0.337. The summed E-state index contributed by atoms with van der Waals surface area (Å²) >= 11 is 0. The highest BCUT2D eigenvalue weighted by Gasteiger charge is 2.41. The molecule has 1 aliphatic heterocycles. The summed E-state index contributed by atoms with van der Waals surface area (Å²) in [4.78, 5) is 0. The molecule has 0 aromatic rings. The zero-order valence-electron chi connectivity index (χ0n) is 7.43. The Bertz CT molecular complexity index is 139. The van der Waals surface area contributed by atoms with E-state index in [0.29, 0.717) is 0 Å². The lowest BCUT2D eigenvalue weighted by molar-refractivity contribution is 0.102. The van der Waals surface area contributed by atoms with Gasteiger partial charge in [-0.3, -0.25) is 0 Å². The van der Waals surface area contributed by atoms with Crippen molar-refractivity contribution in [2.75, 3.05) is 26.4 Å². The second kappa shape index (κ2) is 4.88. The molecule has 0 spiro atoms. The maximum absolute atomic E-state index is 9.04. The summed E-state index contributed by atoms with van der Waals surface area (Å²) in [5.74, 6) is -0.348. The van der Waals surface area contributed by atoms with E-state index in [1.54, 1.807) is 0 Å². The van der Waals surface area contributed by atoms with Gasteiger partial charge < -0.3 is 25.7 Å². The van der Waals surface area contributed by atoms with Crippen LogP contribution in [0.3, 0.4) is 0 Å². The lowest BCUT2D eigenvalue weighted by atomic mass is 9.88. The van der Waals surface area contributed by atoms with Gasteiger partial charge in [0.2, 0.25) is 0 Å². The fourth-order valence-corrected chi connectivity index (χ4v) is 2.02. The Kier molecular flexibility index (Phi) is 4.08. The third-order valence-electron chi connectivity index (χ3n) is 2.83. The van der Waals surface area contributed by atoms with Gasteiger partial charge in [-0.05, 0) is 0 Å². The minimum absolute atomic E-state index is 0.0834. The molecule has 1 aliphatic rings. The van der Waals surface area contributed by atoms with Crippen LogP contribution >= 0.6 is 0 Å². The summed E-state index contributed by atoms with van der Waals surface area (Å²) in [5.41, 5.74) is 0. The monoisotopic (exact) mass is 191 g/mol. The molecule has 0 saturated carbocycles. The third-order valence-corrected chi connectivity index (χ3v) is 2.83. The average Bonchev–Trinajstić information content (AvgIpc) is 2.54. The van der Waals surface area contributed by atoms with Gasteiger partial charge in [0, 0.05) is 37.1 Å². The normalized spacial score (nSPS) is 39.7. The minimum atomic E-state index is -0.223. The van der Waals surface area contributed by atoms with E-state index >= 15 is 0 Å². The summed E-state index contributed by atoms with van der Waals surface area (Å²) in [6.07, 6.45) is 0. The smallest absolute Gasteiger partial charge is 0.0588 e. The Morgan fingerprint density at radius 2 is 1.08 bits per heavy atom. The number of rotatable bonds is 4. The van der Waals surface area contributed by atoms with E-state index in [-0.39, 0.29) is 50.3 Å². The van der Waals surface area contributed by atoms with Crippen LogP contribution in [0, 0.1) is 11.8 Å². The molecule has 0 radical (unpaired) electrons. The molecule has 0 aromatic carbocycles. The highest BCUT2D eigenvalue weighted by Crippen LogP contribution is 2.26. The van der Waals surface area contributed by atoms with E-state index in [2.05, 4.69) is 5.32 Å². The molecule has 4 atom stereocenters. The van der Waals surface area contributed by atoms with Crippen molar-refractivity contribution in [3.05, 3.63) is 0 Å². The second-order valence-electron chi connectivity index (χ2n) is 3.44. The highest BCUT2D eigenvalue weighted by molar-refractivity contribution is 4.96. The number of hydrogen-bond acceptors (Lipinski definition) is 5. The Labute approximate surface area is 77.0 Å². The van der Waals surface area contributed by atoms with Crippen LogP contribution in [0.4, 0.5) is 0 Å². The molecular weight excluding hydrogens is 174 g/mol. The zero-order chi connectivity index (χ0) is 9.84. The lowest BCUT2D eigenvalue weighted by Gasteiger charge is -2.19. The van der Waals surface area contributed by atoms with Gasteiger partial charge in [0.25, 0.3) is 0 Å². The van der Waals surface area contributed by atoms with Gasteiger partial charge in [-0.15, -0.1) is 0 Å². The van der Waals surface area contributed by atoms with Gasteiger partial charge in [0.1, 0.15) is 0 Å². The molecular formula is C8H17NO4. The van der Waals surface area contributed by atoms with Gasteiger partial charge in [0.05, 0.1) is 13.2 Å². The minimum Gasteiger partial charge on any atom is -0.396 e. The first-order chi connectivity index (χ1) is 6.28. The molecule has 5 N–H and O–H groups in total. The van der Waals surface area contributed by atoms with Crippen molar-refractivity contribution < 1.29 is 20.4 Å². The fourth-order valence-electron chi connectivity index (χ4n) is 2.02. The zero-order valence-corrected chi connectivity index (χ0v) is 7.43. The first-order valence-corrected chi connectivity index (χ1v) is 4.48. The second-order valence-corrected chi connectivity index (χ2v) is 3.44. The van der Waals surface area contributed by atoms with Crippen LogP contribution < -0.4 is 5.32 Å². The van der Waals surface area contributed by atoms with Crippen LogP contribution in [0.2, 0.25) is 0 Å². The summed E-state index contributed by atoms with van der Waals surface area (Å²) in [6, 6.07) is -0.446. The van der Waals surface area contributed by atoms with Gasteiger partial charge in [-0.1, -0.05) is 0 Å². The Balaban J connectivity index is 2.65. The van der Waals surface area contributed by atoms with Gasteiger partial charge in [-0.2, -0.15) is 0 Å². The Morgan fingerprint density at radius 3 is 1.31 bits per heavy atom. The van der Waals surface area contributed by atoms with E-state index in [1.807, 2.05) is 0 Å². The fraction of sp³-hybridized carbons (Fsp3) is 1.00. The average molecular weight is 191 g/mol. The maximum atomic E-state index is 9.04. The number of nitrogens with one attached hydrogen (secondary N) is 1. The molecule has 78 valence electrons. The van der Waals surface area contributed by atoms with Crippen molar-refractivity contribution in [2.45, 2.75) is 12.1 Å². The van der Waals surface area contributed by atoms with E-state index in [0.717, 1.165) is 0 Å². The third kappa shape index (κ3) is 2.00. The van der Waals surface area contributed by atoms with Crippen LogP contribution in [-0.4, -0.2) is 58.9 Å².